The van der Waals surface area contributed by atoms with E-state index in [4.69, 9.17) is 27.8 Å². The number of nitrogens with one attached hydrogen (secondary N) is 1. The van der Waals surface area contributed by atoms with Gasteiger partial charge >= 0.3 is 0 Å². The standard InChI is InChI=1S/2C28H38N4O2.C21H31N3O2.3ClH/c2*1-31(2)19-25-27(33-20-22-6-7-22)11-9-24-26(30-34-28(24)25)10-8-21-12-16-32(17-13-21)18-14-23-5-3-4-15-29-23;1-24(2)13-18-20(25-14-16-3-4-16)8-6-17-19(23-26-21(17)18)7-5-15-9-11-22-12-10-15;;;/h2*3-5,9,11,15,21-22H,6-8,10,12-14,16-20H2,1-2H3;6,8,15-16,22H,3-5,7,9-14H2,1-2H3;3*1H. The molecule has 3 saturated carbocycles. The minimum Gasteiger partial charge on any atom is -0.493 e. The molecule has 6 fully saturated rings. The molecular weight excluding hydrogens is 1280 g/mol. The van der Waals surface area contributed by atoms with Crippen LogP contribution < -0.4 is 19.5 Å². The minimum atomic E-state index is 0. The number of ether oxygens (including phenoxy) is 3. The summed E-state index contributed by atoms with van der Waals surface area (Å²) in [5.74, 6) is 7.41. The summed E-state index contributed by atoms with van der Waals surface area (Å²) in [5.41, 5.74) is 11.8. The molecule has 1 N–H and O–H groups in total. The Bertz CT molecular complexity index is 3420. The Morgan fingerprint density at radius 1 is 0.402 bits per heavy atom. The lowest BCUT2D eigenvalue weighted by molar-refractivity contribution is 0.180. The van der Waals surface area contributed by atoms with Gasteiger partial charge in [-0.25, -0.2) is 0 Å². The zero-order valence-electron chi connectivity index (χ0n) is 58.7. The molecule has 0 amide bonds. The number of aromatic nitrogens is 5. The molecule has 0 unspecified atom stereocenters. The van der Waals surface area contributed by atoms with Crippen LogP contribution in [0.15, 0.2) is 98.8 Å². The fourth-order valence-electron chi connectivity index (χ4n) is 13.9. The number of likely N-dealkylation sites (tertiary alicyclic amines) is 2. The Morgan fingerprint density at radius 3 is 1.03 bits per heavy atom. The Morgan fingerprint density at radius 2 is 0.732 bits per heavy atom. The van der Waals surface area contributed by atoms with Crippen molar-refractivity contribution in [3.8, 4) is 17.2 Å². The summed E-state index contributed by atoms with van der Waals surface area (Å²) in [4.78, 5) is 20.6. The van der Waals surface area contributed by atoms with E-state index in [1.54, 1.807) is 0 Å². The molecule has 5 aromatic heterocycles. The summed E-state index contributed by atoms with van der Waals surface area (Å²) in [7, 11) is 12.5. The van der Waals surface area contributed by atoms with E-state index >= 15 is 0 Å². The van der Waals surface area contributed by atoms with Gasteiger partial charge in [0.15, 0.2) is 16.7 Å². The Balaban J connectivity index is 0.000000170. The first-order valence-corrected chi connectivity index (χ1v) is 36.0. The molecule has 3 aromatic carbocycles. The van der Waals surface area contributed by atoms with E-state index in [0.29, 0.717) is 0 Å². The van der Waals surface area contributed by atoms with Crippen LogP contribution in [0.3, 0.4) is 0 Å². The fraction of sp³-hybridized carbons (Fsp3) is 0.597. The van der Waals surface area contributed by atoms with Crippen LogP contribution in [0.25, 0.3) is 32.9 Å². The highest BCUT2D eigenvalue weighted by atomic mass is 35.5. The van der Waals surface area contributed by atoms with Gasteiger partial charge in [0.25, 0.3) is 0 Å². The van der Waals surface area contributed by atoms with E-state index in [-0.39, 0.29) is 37.2 Å². The van der Waals surface area contributed by atoms with Crippen molar-refractivity contribution in [3.05, 3.63) is 130 Å². The summed E-state index contributed by atoms with van der Waals surface area (Å²) in [6, 6.07) is 25.2. The highest BCUT2D eigenvalue weighted by Gasteiger charge is 2.29. The van der Waals surface area contributed by atoms with Crippen molar-refractivity contribution in [2.75, 3.05) is 114 Å². The molecular formula is C77H110Cl3N11O6. The van der Waals surface area contributed by atoms with Gasteiger partial charge in [-0.2, -0.15) is 0 Å². The van der Waals surface area contributed by atoms with E-state index in [1.807, 2.05) is 24.5 Å². The molecule has 8 heterocycles. The monoisotopic (exact) mass is 1390 g/mol. The van der Waals surface area contributed by atoms with E-state index in [9.17, 15) is 0 Å². The molecule has 0 radical (unpaired) electrons. The number of piperidine rings is 3. The SMILES string of the molecule is CN(C)Cc1c(OCC2CC2)ccc2c(CCC3CCN(CCc4ccccn4)CC3)noc12.CN(C)Cc1c(OCC2CC2)ccc2c(CCC3CCN(CCc4ccccn4)CC3)noc12.CN(C)Cc1c(OCC2CC2)ccc2c(CCC3CCNCC3)noc12.Cl.Cl.Cl. The lowest BCUT2D eigenvalue weighted by Crippen LogP contribution is -2.35. The number of hydrogen-bond donors (Lipinski definition) is 1. The Kier molecular flexibility index (Phi) is 29.4. The van der Waals surface area contributed by atoms with E-state index < -0.39 is 0 Å². The largest absolute Gasteiger partial charge is 0.493 e. The summed E-state index contributed by atoms with van der Waals surface area (Å²) in [6.45, 7) is 14.1. The van der Waals surface area contributed by atoms with Crippen LogP contribution in [0.2, 0.25) is 0 Å². The lowest BCUT2D eigenvalue weighted by atomic mass is 9.91. The van der Waals surface area contributed by atoms with Crippen LogP contribution in [0.5, 0.6) is 17.2 Å². The average molecular weight is 1390 g/mol. The summed E-state index contributed by atoms with van der Waals surface area (Å²) in [6.07, 6.45) is 27.8. The van der Waals surface area contributed by atoms with Crippen LogP contribution in [0.4, 0.5) is 0 Å². The second kappa shape index (κ2) is 37.7. The van der Waals surface area contributed by atoms with Gasteiger partial charge in [0.1, 0.15) is 17.2 Å². The van der Waals surface area contributed by atoms with Crippen molar-refractivity contribution in [2.45, 2.75) is 148 Å². The maximum atomic E-state index is 6.17. The summed E-state index contributed by atoms with van der Waals surface area (Å²) < 4.78 is 36.1. The molecule has 97 heavy (non-hydrogen) atoms. The molecule has 0 spiro atoms. The van der Waals surface area contributed by atoms with Crippen molar-refractivity contribution >= 4 is 70.1 Å². The second-order valence-electron chi connectivity index (χ2n) is 29.1. The smallest absolute Gasteiger partial charge is 0.175 e. The van der Waals surface area contributed by atoms with Crippen LogP contribution >= 0.6 is 37.2 Å². The van der Waals surface area contributed by atoms with Crippen molar-refractivity contribution in [3.63, 3.8) is 0 Å². The summed E-state index contributed by atoms with van der Waals surface area (Å²) in [5, 5.41) is 20.4. The predicted octanol–water partition coefficient (Wildman–Crippen LogP) is 14.8. The third kappa shape index (κ3) is 22.4. The van der Waals surface area contributed by atoms with Crippen LogP contribution in [-0.2, 0) is 51.7 Å². The highest BCUT2D eigenvalue weighted by molar-refractivity contribution is 5.87. The molecule has 3 aliphatic heterocycles. The van der Waals surface area contributed by atoms with E-state index in [2.05, 4.69) is 158 Å². The van der Waals surface area contributed by atoms with Gasteiger partial charge in [0, 0.05) is 85.5 Å². The second-order valence-corrected chi connectivity index (χ2v) is 29.1. The van der Waals surface area contributed by atoms with Gasteiger partial charge in [0.2, 0.25) is 0 Å². The molecule has 6 aliphatic rings. The third-order valence-corrected chi connectivity index (χ3v) is 20.3. The average Bonchev–Trinajstić information content (AvgIpc) is 1.70. The topological polar surface area (TPSA) is 160 Å². The van der Waals surface area contributed by atoms with Gasteiger partial charge in [-0.15, -0.1) is 37.2 Å². The quantitative estimate of drug-likeness (QED) is 0.0452. The third-order valence-electron chi connectivity index (χ3n) is 20.3. The van der Waals surface area contributed by atoms with E-state index in [1.165, 1.54) is 134 Å². The number of nitrogens with zero attached hydrogens (tertiary/aromatic N) is 10. The molecule has 530 valence electrons. The van der Waals surface area contributed by atoms with Crippen molar-refractivity contribution < 1.29 is 27.8 Å². The summed E-state index contributed by atoms with van der Waals surface area (Å²) >= 11 is 0. The van der Waals surface area contributed by atoms with Crippen molar-refractivity contribution in [1.29, 1.82) is 0 Å². The van der Waals surface area contributed by atoms with Gasteiger partial charge in [-0.3, -0.25) is 9.97 Å². The number of benzene rings is 3. The van der Waals surface area contributed by atoms with E-state index in [0.717, 1.165) is 217 Å². The van der Waals surface area contributed by atoms with Gasteiger partial charge < -0.3 is 57.6 Å². The van der Waals surface area contributed by atoms with Crippen molar-refractivity contribution in [1.82, 2.24) is 55.3 Å². The van der Waals surface area contributed by atoms with Gasteiger partial charge in [-0.1, -0.05) is 27.6 Å². The lowest BCUT2D eigenvalue weighted by Gasteiger charge is -2.31. The van der Waals surface area contributed by atoms with Crippen LogP contribution in [-0.4, -0.2) is 164 Å². The highest BCUT2D eigenvalue weighted by Crippen LogP contribution is 2.39. The zero-order valence-corrected chi connectivity index (χ0v) is 61.2. The molecule has 20 heteroatoms. The molecule has 3 saturated heterocycles. The molecule has 17 nitrogen and oxygen atoms in total. The molecule has 3 aliphatic carbocycles. The van der Waals surface area contributed by atoms with Crippen molar-refractivity contribution in [2.24, 2.45) is 35.5 Å². The Labute approximate surface area is 595 Å². The maximum absolute atomic E-state index is 6.17. The number of rotatable bonds is 30. The Hall–Kier alpha value is -5.60. The maximum Gasteiger partial charge on any atom is 0.175 e. The normalized spacial score (nSPS) is 17.4. The van der Waals surface area contributed by atoms with Crippen LogP contribution in [0, 0.1) is 35.5 Å². The fourth-order valence-corrected chi connectivity index (χ4v) is 13.9. The number of fused-ring (bicyclic) bond motifs is 3. The minimum absolute atomic E-state index is 0. The van der Waals surface area contributed by atoms with Gasteiger partial charge in [-0.05, 0) is 293 Å². The number of halogens is 3. The van der Waals surface area contributed by atoms with Crippen LogP contribution in [0.1, 0.15) is 141 Å². The predicted molar refractivity (Wildman–Crippen MR) is 395 cm³/mol. The van der Waals surface area contributed by atoms with Gasteiger partial charge in [0.05, 0.1) is 53.6 Å². The first-order chi connectivity index (χ1) is 46.0. The first kappa shape index (κ1) is 75.6. The number of hydrogen-bond acceptors (Lipinski definition) is 17. The zero-order chi connectivity index (χ0) is 64.6. The molecule has 0 atom stereocenters. The molecule has 14 rings (SSSR count). The molecule has 0 bridgehead atoms. The first-order valence-electron chi connectivity index (χ1n) is 36.0. The number of aryl methyl sites for hydroxylation is 3. The number of pyridine rings is 2. The molecule has 8 aromatic rings.